The van der Waals surface area contributed by atoms with Crippen molar-refractivity contribution in [3.05, 3.63) is 34.2 Å². The number of hydrogen-bond acceptors (Lipinski definition) is 6. The van der Waals surface area contributed by atoms with Crippen LogP contribution >= 0.6 is 11.8 Å². The van der Waals surface area contributed by atoms with Gasteiger partial charge in [0.05, 0.1) is 11.3 Å². The minimum absolute atomic E-state index is 0.148. The van der Waals surface area contributed by atoms with E-state index >= 15 is 0 Å². The summed E-state index contributed by atoms with van der Waals surface area (Å²) in [5.41, 5.74) is 3.30. The molecule has 0 fully saturated rings. The van der Waals surface area contributed by atoms with Crippen molar-refractivity contribution in [2.75, 3.05) is 11.1 Å². The maximum absolute atomic E-state index is 11.9. The van der Waals surface area contributed by atoms with E-state index in [0.717, 1.165) is 16.8 Å². The Bertz CT molecular complexity index is 762. The van der Waals surface area contributed by atoms with Crippen molar-refractivity contribution in [2.24, 2.45) is 0 Å². The van der Waals surface area contributed by atoms with E-state index in [0.29, 0.717) is 22.2 Å². The molecule has 0 radical (unpaired) electrons. The maximum atomic E-state index is 11.9. The Balaban J connectivity index is 2.08. The van der Waals surface area contributed by atoms with Gasteiger partial charge in [-0.15, -0.1) is 0 Å². The van der Waals surface area contributed by atoms with E-state index in [1.807, 2.05) is 20.8 Å². The number of thioether (sulfide) groups is 1. The lowest BCUT2D eigenvalue weighted by Gasteiger charge is -2.10. The lowest BCUT2D eigenvalue weighted by atomic mass is 10.1. The van der Waals surface area contributed by atoms with Crippen molar-refractivity contribution in [2.45, 2.75) is 32.7 Å². The molecule has 2 aromatic heterocycles. The number of nitrogens with zero attached hydrogens (tertiary/aromatic N) is 3. The Hall–Kier alpha value is -2.33. The van der Waals surface area contributed by atoms with E-state index in [-0.39, 0.29) is 11.7 Å². The van der Waals surface area contributed by atoms with Crippen LogP contribution in [0.25, 0.3) is 0 Å². The van der Waals surface area contributed by atoms with Crippen LogP contribution in [0.5, 0.6) is 0 Å². The fourth-order valence-corrected chi connectivity index (χ4v) is 2.77. The molecule has 114 valence electrons. The van der Waals surface area contributed by atoms with Crippen LogP contribution in [0.4, 0.5) is 5.82 Å². The van der Waals surface area contributed by atoms with Crippen LogP contribution in [-0.2, 0) is 4.79 Å². The molecule has 0 aliphatic carbocycles. The quantitative estimate of drug-likeness (QED) is 0.872. The maximum Gasteiger partial charge on any atom is 0.236 e. The topological polar surface area (TPSA) is 91.8 Å². The number of hydrogen-bond donors (Lipinski definition) is 1. The van der Waals surface area contributed by atoms with Gasteiger partial charge in [-0.2, -0.15) is 5.26 Å². The molecule has 0 saturated carbocycles. The Morgan fingerprint density at radius 3 is 2.68 bits per heavy atom. The SMILES string of the molecule is Cc1cc(NC(=O)CSc2nc(C)c(C)c(C)c2C#N)no1. The van der Waals surface area contributed by atoms with Crippen LogP contribution in [0.2, 0.25) is 0 Å². The first-order valence-corrected chi connectivity index (χ1v) is 7.64. The van der Waals surface area contributed by atoms with E-state index in [1.54, 1.807) is 13.0 Å². The van der Waals surface area contributed by atoms with Crippen LogP contribution in [0.1, 0.15) is 28.1 Å². The first-order valence-electron chi connectivity index (χ1n) is 6.66. The molecule has 0 aliphatic heterocycles. The van der Waals surface area contributed by atoms with Crippen molar-refractivity contribution in [1.29, 1.82) is 5.26 Å². The van der Waals surface area contributed by atoms with Gasteiger partial charge in [-0.25, -0.2) is 4.98 Å². The number of amides is 1. The number of pyridine rings is 1. The van der Waals surface area contributed by atoms with E-state index < -0.39 is 0 Å². The average Bonchev–Trinajstić information content (AvgIpc) is 2.88. The third kappa shape index (κ3) is 3.46. The van der Waals surface area contributed by atoms with Gasteiger partial charge >= 0.3 is 0 Å². The van der Waals surface area contributed by atoms with Crippen LogP contribution in [0, 0.1) is 39.0 Å². The van der Waals surface area contributed by atoms with Crippen molar-refractivity contribution in [3.8, 4) is 6.07 Å². The first-order chi connectivity index (χ1) is 10.4. The molecule has 2 rings (SSSR count). The summed E-state index contributed by atoms with van der Waals surface area (Å²) in [6.45, 7) is 7.47. The predicted molar refractivity (Wildman–Crippen MR) is 83.8 cm³/mol. The fraction of sp³-hybridized carbons (Fsp3) is 0.333. The zero-order valence-electron chi connectivity index (χ0n) is 12.9. The highest BCUT2D eigenvalue weighted by Crippen LogP contribution is 2.26. The zero-order chi connectivity index (χ0) is 16.3. The molecule has 0 aromatic carbocycles. The lowest BCUT2D eigenvalue weighted by molar-refractivity contribution is -0.113. The van der Waals surface area contributed by atoms with Gasteiger partial charge in [0.15, 0.2) is 5.82 Å². The van der Waals surface area contributed by atoms with Crippen LogP contribution in [-0.4, -0.2) is 21.8 Å². The fourth-order valence-electron chi connectivity index (χ4n) is 1.89. The molecule has 0 aliphatic rings. The number of nitrogens with one attached hydrogen (secondary N) is 1. The average molecular weight is 316 g/mol. The number of rotatable bonds is 4. The van der Waals surface area contributed by atoms with Gasteiger partial charge in [-0.1, -0.05) is 16.9 Å². The smallest absolute Gasteiger partial charge is 0.236 e. The summed E-state index contributed by atoms with van der Waals surface area (Å²) < 4.78 is 4.88. The number of anilines is 1. The number of nitriles is 1. The molecular weight excluding hydrogens is 300 g/mol. The molecule has 1 N–H and O–H groups in total. The molecule has 0 spiro atoms. The zero-order valence-corrected chi connectivity index (χ0v) is 13.7. The minimum Gasteiger partial charge on any atom is -0.360 e. The van der Waals surface area contributed by atoms with Gasteiger partial charge in [-0.05, 0) is 38.8 Å². The number of carbonyl (C=O) groups excluding carboxylic acids is 1. The Morgan fingerprint density at radius 2 is 2.09 bits per heavy atom. The van der Waals surface area contributed by atoms with Crippen LogP contribution in [0.15, 0.2) is 15.6 Å². The normalized spacial score (nSPS) is 10.3. The summed E-state index contributed by atoms with van der Waals surface area (Å²) in [5.74, 6) is 0.934. The Morgan fingerprint density at radius 1 is 1.36 bits per heavy atom. The largest absolute Gasteiger partial charge is 0.360 e. The van der Waals surface area contributed by atoms with Gasteiger partial charge in [0.25, 0.3) is 0 Å². The first kappa shape index (κ1) is 16.0. The van der Waals surface area contributed by atoms with Crippen molar-refractivity contribution in [3.63, 3.8) is 0 Å². The lowest BCUT2D eigenvalue weighted by Crippen LogP contribution is -2.14. The Labute approximate surface area is 132 Å². The van der Waals surface area contributed by atoms with Crippen molar-refractivity contribution in [1.82, 2.24) is 10.1 Å². The van der Waals surface area contributed by atoms with Gasteiger partial charge in [0, 0.05) is 11.8 Å². The predicted octanol–water partition coefficient (Wildman–Crippen LogP) is 2.91. The highest BCUT2D eigenvalue weighted by atomic mass is 32.2. The van der Waals surface area contributed by atoms with E-state index in [4.69, 9.17) is 4.52 Å². The summed E-state index contributed by atoms with van der Waals surface area (Å²) in [4.78, 5) is 16.3. The number of aryl methyl sites for hydroxylation is 2. The summed E-state index contributed by atoms with van der Waals surface area (Å²) in [6, 6.07) is 3.81. The van der Waals surface area contributed by atoms with E-state index in [1.165, 1.54) is 11.8 Å². The van der Waals surface area contributed by atoms with Gasteiger partial charge < -0.3 is 9.84 Å². The molecule has 0 atom stereocenters. The second-order valence-corrected chi connectivity index (χ2v) is 5.86. The molecule has 6 nitrogen and oxygen atoms in total. The van der Waals surface area contributed by atoms with Gasteiger partial charge in [0.1, 0.15) is 16.9 Å². The second kappa shape index (κ2) is 6.62. The third-order valence-electron chi connectivity index (χ3n) is 3.31. The molecule has 0 unspecified atom stereocenters. The van der Waals surface area contributed by atoms with Crippen LogP contribution < -0.4 is 5.32 Å². The summed E-state index contributed by atoms with van der Waals surface area (Å²) in [5, 5.41) is 16.2. The van der Waals surface area contributed by atoms with Crippen molar-refractivity contribution < 1.29 is 9.32 Å². The molecule has 1 amide bonds. The summed E-state index contributed by atoms with van der Waals surface area (Å²) in [6.07, 6.45) is 0. The monoisotopic (exact) mass is 316 g/mol. The molecular formula is C15H16N4O2S. The third-order valence-corrected chi connectivity index (χ3v) is 4.29. The van der Waals surface area contributed by atoms with E-state index in [9.17, 15) is 10.1 Å². The molecule has 7 heteroatoms. The summed E-state index contributed by atoms with van der Waals surface area (Å²) in [7, 11) is 0. The molecule has 0 bridgehead atoms. The second-order valence-electron chi connectivity index (χ2n) is 4.90. The Kier molecular flexibility index (Phi) is 4.83. The van der Waals surface area contributed by atoms with Gasteiger partial charge in [-0.3, -0.25) is 4.79 Å². The van der Waals surface area contributed by atoms with Crippen LogP contribution in [0.3, 0.4) is 0 Å². The van der Waals surface area contributed by atoms with E-state index in [2.05, 4.69) is 21.5 Å². The molecule has 0 saturated heterocycles. The molecule has 2 aromatic rings. The van der Waals surface area contributed by atoms with Gasteiger partial charge in [0.2, 0.25) is 5.91 Å². The standard InChI is InChI=1S/C15H16N4O2S/c1-8-5-13(19-21-8)18-14(20)7-22-15-12(6-16)10(3)9(2)11(4)17-15/h5H,7H2,1-4H3,(H,18,19,20). The van der Waals surface area contributed by atoms with Crippen molar-refractivity contribution >= 4 is 23.5 Å². The highest BCUT2D eigenvalue weighted by molar-refractivity contribution is 8.00. The highest BCUT2D eigenvalue weighted by Gasteiger charge is 2.14. The summed E-state index contributed by atoms with van der Waals surface area (Å²) >= 11 is 1.24. The minimum atomic E-state index is -0.222. The number of carbonyl (C=O) groups is 1. The number of aromatic nitrogens is 2. The molecule has 22 heavy (non-hydrogen) atoms. The molecule has 2 heterocycles.